The number of aromatic nitrogens is 1. The summed E-state index contributed by atoms with van der Waals surface area (Å²) < 4.78 is 21.8. The molecule has 0 amide bonds. The summed E-state index contributed by atoms with van der Waals surface area (Å²) in [5.41, 5.74) is 5.48. The number of H-pyrrole nitrogens is 1. The SMILES string of the molecule is COc1cc(C(=O)OC[C@@H]2C=C3c4cccc5[nH]cc(c45)C[C@H]3N(C)C2)cc(OC)c1OC. The lowest BCUT2D eigenvalue weighted by Gasteiger charge is -2.39. The van der Waals surface area contributed by atoms with Crippen molar-refractivity contribution in [3.8, 4) is 17.2 Å². The fourth-order valence-corrected chi connectivity index (χ4v) is 5.12. The van der Waals surface area contributed by atoms with Crippen molar-refractivity contribution in [2.45, 2.75) is 12.5 Å². The van der Waals surface area contributed by atoms with Gasteiger partial charge >= 0.3 is 5.97 Å². The van der Waals surface area contributed by atoms with Crippen molar-refractivity contribution in [2.24, 2.45) is 5.92 Å². The van der Waals surface area contributed by atoms with E-state index in [2.05, 4.69) is 47.4 Å². The lowest BCUT2D eigenvalue weighted by molar-refractivity contribution is 0.0435. The van der Waals surface area contributed by atoms with E-state index in [1.807, 2.05) is 0 Å². The molecule has 0 fully saturated rings. The third-order valence-electron chi connectivity index (χ3n) is 6.67. The molecule has 2 heterocycles. The summed E-state index contributed by atoms with van der Waals surface area (Å²) >= 11 is 0. The van der Waals surface area contributed by atoms with Crippen LogP contribution in [-0.4, -0.2) is 63.4 Å². The van der Waals surface area contributed by atoms with Gasteiger partial charge in [-0.05, 0) is 48.4 Å². The maximum Gasteiger partial charge on any atom is 0.338 e. The molecule has 3 aromatic rings. The molecule has 5 rings (SSSR count). The van der Waals surface area contributed by atoms with Crippen molar-refractivity contribution in [2.75, 3.05) is 41.5 Å². The van der Waals surface area contributed by atoms with Crippen LogP contribution < -0.4 is 14.2 Å². The van der Waals surface area contributed by atoms with E-state index in [4.69, 9.17) is 18.9 Å². The van der Waals surface area contributed by atoms with Crippen LogP contribution in [0.2, 0.25) is 0 Å². The molecule has 0 saturated carbocycles. The van der Waals surface area contributed by atoms with E-state index in [-0.39, 0.29) is 5.92 Å². The Balaban J connectivity index is 1.38. The Bertz CT molecular complexity index is 1220. The third-order valence-corrected chi connectivity index (χ3v) is 6.67. The van der Waals surface area contributed by atoms with Crippen LogP contribution in [0.5, 0.6) is 17.2 Å². The first kappa shape index (κ1) is 21.4. The minimum Gasteiger partial charge on any atom is -0.493 e. The van der Waals surface area contributed by atoms with Gasteiger partial charge in [-0.15, -0.1) is 0 Å². The number of methoxy groups -OCH3 is 3. The molecule has 0 radical (unpaired) electrons. The lowest BCUT2D eigenvalue weighted by atomic mass is 9.80. The fourth-order valence-electron chi connectivity index (χ4n) is 5.12. The van der Waals surface area contributed by atoms with Crippen molar-refractivity contribution in [1.29, 1.82) is 0 Å². The molecule has 172 valence electrons. The number of likely N-dealkylation sites (N-methyl/N-ethyl adjacent to an activating group) is 1. The van der Waals surface area contributed by atoms with Gasteiger partial charge in [0, 0.05) is 35.6 Å². The molecule has 7 heteroatoms. The minimum atomic E-state index is -0.420. The van der Waals surface area contributed by atoms with Gasteiger partial charge in [-0.25, -0.2) is 4.79 Å². The first-order valence-electron chi connectivity index (χ1n) is 11.0. The molecule has 7 nitrogen and oxygen atoms in total. The highest BCUT2D eigenvalue weighted by Crippen LogP contribution is 2.41. The van der Waals surface area contributed by atoms with Crippen molar-refractivity contribution in [3.05, 3.63) is 59.3 Å². The Morgan fingerprint density at radius 3 is 2.58 bits per heavy atom. The Hall–Kier alpha value is -3.45. The van der Waals surface area contributed by atoms with Crippen molar-refractivity contribution < 1.29 is 23.7 Å². The number of hydrogen-bond acceptors (Lipinski definition) is 6. The highest BCUT2D eigenvalue weighted by molar-refractivity contribution is 5.98. The van der Waals surface area contributed by atoms with Gasteiger partial charge in [-0.1, -0.05) is 18.2 Å². The van der Waals surface area contributed by atoms with E-state index in [0.717, 1.165) is 13.0 Å². The van der Waals surface area contributed by atoms with E-state index in [9.17, 15) is 4.79 Å². The van der Waals surface area contributed by atoms with Gasteiger partial charge < -0.3 is 23.9 Å². The van der Waals surface area contributed by atoms with E-state index in [1.54, 1.807) is 12.1 Å². The molecule has 2 atom stereocenters. The quantitative estimate of drug-likeness (QED) is 0.577. The highest BCUT2D eigenvalue weighted by Gasteiger charge is 2.34. The maximum absolute atomic E-state index is 12.9. The van der Waals surface area contributed by atoms with Crippen LogP contribution in [0.1, 0.15) is 21.5 Å². The van der Waals surface area contributed by atoms with Crippen LogP contribution in [0, 0.1) is 5.92 Å². The average molecular weight is 449 g/mol. The van der Waals surface area contributed by atoms with Crippen LogP contribution in [-0.2, 0) is 11.2 Å². The van der Waals surface area contributed by atoms with E-state index < -0.39 is 5.97 Å². The average Bonchev–Trinajstić information content (AvgIpc) is 3.26. The fraction of sp³-hybridized carbons (Fsp3) is 0.346. The minimum absolute atomic E-state index is 0.1000. The first-order valence-corrected chi connectivity index (χ1v) is 11.0. The number of ether oxygens (including phenoxy) is 4. The monoisotopic (exact) mass is 448 g/mol. The van der Waals surface area contributed by atoms with Gasteiger partial charge in [-0.3, -0.25) is 4.90 Å². The van der Waals surface area contributed by atoms with E-state index >= 15 is 0 Å². The van der Waals surface area contributed by atoms with Crippen LogP contribution in [0.3, 0.4) is 0 Å². The molecule has 0 spiro atoms. The van der Waals surface area contributed by atoms with Gasteiger partial charge in [0.15, 0.2) is 11.5 Å². The predicted molar refractivity (Wildman–Crippen MR) is 126 cm³/mol. The van der Waals surface area contributed by atoms with Crippen molar-refractivity contribution >= 4 is 22.4 Å². The summed E-state index contributed by atoms with van der Waals surface area (Å²) in [6.07, 6.45) is 5.40. The molecule has 1 N–H and O–H groups in total. The van der Waals surface area contributed by atoms with Gasteiger partial charge in [0.25, 0.3) is 0 Å². The smallest absolute Gasteiger partial charge is 0.338 e. The number of fused-ring (bicyclic) bond motifs is 2. The molecule has 1 aliphatic heterocycles. The lowest BCUT2D eigenvalue weighted by Crippen LogP contribution is -2.43. The molecule has 0 unspecified atom stereocenters. The summed E-state index contributed by atoms with van der Waals surface area (Å²) in [6, 6.07) is 9.96. The summed E-state index contributed by atoms with van der Waals surface area (Å²) in [5.74, 6) is 0.962. The van der Waals surface area contributed by atoms with Crippen LogP contribution in [0.25, 0.3) is 16.5 Å². The number of hydrogen-bond donors (Lipinski definition) is 1. The number of carbonyl (C=O) groups excluding carboxylic acids is 1. The van der Waals surface area contributed by atoms with Crippen LogP contribution >= 0.6 is 0 Å². The molecular weight excluding hydrogens is 420 g/mol. The Labute approximate surface area is 192 Å². The second-order valence-corrected chi connectivity index (χ2v) is 8.60. The molecule has 33 heavy (non-hydrogen) atoms. The van der Waals surface area contributed by atoms with Gasteiger partial charge in [-0.2, -0.15) is 0 Å². The van der Waals surface area contributed by atoms with Gasteiger partial charge in [0.1, 0.15) is 0 Å². The summed E-state index contributed by atoms with van der Waals surface area (Å²) in [5, 5.41) is 1.31. The Kier molecular flexibility index (Phi) is 5.50. The zero-order valence-electron chi connectivity index (χ0n) is 19.3. The highest BCUT2D eigenvalue weighted by atomic mass is 16.5. The zero-order chi connectivity index (χ0) is 23.1. The second kappa shape index (κ2) is 8.48. The number of carbonyl (C=O) groups is 1. The molecule has 2 aromatic carbocycles. The second-order valence-electron chi connectivity index (χ2n) is 8.60. The normalized spacial score (nSPS) is 19.6. The van der Waals surface area contributed by atoms with Crippen molar-refractivity contribution in [1.82, 2.24) is 9.88 Å². The number of rotatable bonds is 6. The maximum atomic E-state index is 12.9. The third kappa shape index (κ3) is 3.62. The van der Waals surface area contributed by atoms with E-state index in [0.29, 0.717) is 35.5 Å². The number of esters is 1. The molecule has 0 saturated heterocycles. The molecular formula is C26H28N2O5. The summed E-state index contributed by atoms with van der Waals surface area (Å²) in [4.78, 5) is 18.6. The first-order chi connectivity index (χ1) is 16.0. The number of nitrogens with zero attached hydrogens (tertiary/aromatic N) is 1. The number of aromatic amines is 1. The number of nitrogens with one attached hydrogen (secondary N) is 1. The van der Waals surface area contributed by atoms with Crippen LogP contribution in [0.4, 0.5) is 0 Å². The Morgan fingerprint density at radius 2 is 1.88 bits per heavy atom. The molecule has 0 bridgehead atoms. The van der Waals surface area contributed by atoms with Crippen molar-refractivity contribution in [3.63, 3.8) is 0 Å². The van der Waals surface area contributed by atoms with E-state index in [1.165, 1.54) is 48.9 Å². The van der Waals surface area contributed by atoms with Crippen LogP contribution in [0.15, 0.2) is 42.6 Å². The Morgan fingerprint density at radius 1 is 1.12 bits per heavy atom. The topological polar surface area (TPSA) is 73.0 Å². The predicted octanol–water partition coefficient (Wildman–Crippen LogP) is 3.92. The van der Waals surface area contributed by atoms with Gasteiger partial charge in [0.2, 0.25) is 5.75 Å². The standard InChI is InChI=1S/C26H28N2O5/c1-28-13-15(8-19-18-6-5-7-20-24(18)17(12-27-20)9-21(19)28)14-33-26(29)16-10-22(30-2)25(32-4)23(11-16)31-3/h5-8,10-12,15,21,27H,9,13-14H2,1-4H3/t15-,21-/m1/s1. The molecule has 2 aliphatic rings. The zero-order valence-corrected chi connectivity index (χ0v) is 19.3. The summed E-state index contributed by atoms with van der Waals surface area (Å²) in [6.45, 7) is 1.12. The molecule has 1 aromatic heterocycles. The summed E-state index contributed by atoms with van der Waals surface area (Å²) in [7, 11) is 6.71. The van der Waals surface area contributed by atoms with Gasteiger partial charge in [0.05, 0.1) is 33.5 Å². The largest absolute Gasteiger partial charge is 0.493 e. The number of benzene rings is 2. The molecule has 1 aliphatic carbocycles.